The summed E-state index contributed by atoms with van der Waals surface area (Å²) in [6, 6.07) is 8.98. The van der Waals surface area contributed by atoms with Crippen molar-refractivity contribution in [2.75, 3.05) is 13.1 Å². The van der Waals surface area contributed by atoms with E-state index in [-0.39, 0.29) is 19.7 Å². The van der Waals surface area contributed by atoms with E-state index in [1.54, 1.807) is 24.3 Å². The van der Waals surface area contributed by atoms with Gasteiger partial charge in [-0.2, -0.15) is 13.2 Å². The number of nitrogens with zero attached hydrogens (tertiary/aromatic N) is 1. The van der Waals surface area contributed by atoms with E-state index >= 15 is 0 Å². The number of hydrogen-bond acceptors (Lipinski definition) is 5. The molecular formula is C13H12F3NO4. The highest BCUT2D eigenvalue weighted by Gasteiger charge is 2.45. The van der Waals surface area contributed by atoms with Gasteiger partial charge >= 0.3 is 18.1 Å². The average molecular weight is 303 g/mol. The highest BCUT2D eigenvalue weighted by Crippen LogP contribution is 2.22. The number of carbonyl (C=O) groups is 2. The number of benzene rings is 1. The number of hydroxylamine groups is 2. The number of alkyl halides is 3. The maximum atomic E-state index is 11.9. The molecule has 21 heavy (non-hydrogen) atoms. The fraction of sp³-hybridized carbons (Fsp3) is 0.385. The van der Waals surface area contributed by atoms with Gasteiger partial charge in [-0.05, 0) is 5.56 Å². The van der Waals surface area contributed by atoms with Crippen molar-refractivity contribution in [3.63, 3.8) is 0 Å². The van der Waals surface area contributed by atoms with Gasteiger partial charge in [-0.3, -0.25) is 4.79 Å². The van der Waals surface area contributed by atoms with E-state index in [4.69, 9.17) is 4.74 Å². The molecule has 0 spiro atoms. The molecule has 0 N–H and O–H groups in total. The average Bonchev–Trinajstić information content (AvgIpc) is 2.39. The monoisotopic (exact) mass is 303 g/mol. The molecule has 0 unspecified atom stereocenters. The van der Waals surface area contributed by atoms with E-state index in [2.05, 4.69) is 4.84 Å². The van der Waals surface area contributed by atoms with Gasteiger partial charge < -0.3 is 9.57 Å². The molecule has 0 bridgehead atoms. The third kappa shape index (κ3) is 4.19. The predicted octanol–water partition coefficient (Wildman–Crippen LogP) is 1.68. The summed E-state index contributed by atoms with van der Waals surface area (Å²) in [5.41, 5.74) is 0.811. The predicted molar refractivity (Wildman–Crippen MR) is 63.4 cm³/mol. The van der Waals surface area contributed by atoms with Crippen LogP contribution in [0.1, 0.15) is 5.56 Å². The number of rotatable bonds is 4. The van der Waals surface area contributed by atoms with Crippen molar-refractivity contribution in [3.8, 4) is 0 Å². The molecular weight excluding hydrogens is 291 g/mol. The summed E-state index contributed by atoms with van der Waals surface area (Å²) in [7, 11) is 0. The van der Waals surface area contributed by atoms with Crippen molar-refractivity contribution >= 4 is 11.9 Å². The van der Waals surface area contributed by atoms with Crippen LogP contribution < -0.4 is 0 Å². The summed E-state index contributed by atoms with van der Waals surface area (Å²) >= 11 is 0. The normalized spacial score (nSPS) is 16.1. The van der Waals surface area contributed by atoms with Crippen LogP contribution in [-0.2, 0) is 25.8 Å². The van der Waals surface area contributed by atoms with E-state index in [0.29, 0.717) is 0 Å². The first-order valence-electron chi connectivity index (χ1n) is 6.11. The van der Waals surface area contributed by atoms with E-state index in [1.165, 1.54) is 0 Å². The quantitative estimate of drug-likeness (QED) is 0.792. The van der Waals surface area contributed by atoms with E-state index in [1.807, 2.05) is 6.07 Å². The number of carbonyl (C=O) groups excluding carboxylic acids is 2. The molecule has 1 heterocycles. The van der Waals surface area contributed by atoms with E-state index in [9.17, 15) is 22.8 Å². The van der Waals surface area contributed by atoms with Gasteiger partial charge in [0.15, 0.2) is 0 Å². The minimum absolute atomic E-state index is 0.0957. The minimum atomic E-state index is -5.04. The fourth-order valence-corrected chi connectivity index (χ4v) is 1.68. The van der Waals surface area contributed by atoms with Gasteiger partial charge in [-0.1, -0.05) is 30.3 Å². The largest absolute Gasteiger partial charge is 0.492 e. The van der Waals surface area contributed by atoms with Gasteiger partial charge in [0.2, 0.25) is 0 Å². The first-order valence-corrected chi connectivity index (χ1v) is 6.11. The molecule has 8 heteroatoms. The maximum Gasteiger partial charge on any atom is 0.492 e. The van der Waals surface area contributed by atoms with Crippen LogP contribution in [0.15, 0.2) is 30.3 Å². The lowest BCUT2D eigenvalue weighted by Crippen LogP contribution is -2.52. The summed E-state index contributed by atoms with van der Waals surface area (Å²) in [5, 5.41) is 0.782. The Kier molecular flexibility index (Phi) is 4.46. The zero-order valence-corrected chi connectivity index (χ0v) is 10.8. The molecule has 1 aliphatic heterocycles. The molecule has 1 saturated heterocycles. The number of hydrogen-bond donors (Lipinski definition) is 0. The molecule has 1 aromatic carbocycles. The van der Waals surface area contributed by atoms with Crippen molar-refractivity contribution in [2.24, 2.45) is 5.92 Å². The lowest BCUT2D eigenvalue weighted by molar-refractivity contribution is -0.259. The second-order valence-electron chi connectivity index (χ2n) is 4.51. The molecule has 1 fully saturated rings. The molecule has 0 aromatic heterocycles. The number of esters is 1. The van der Waals surface area contributed by atoms with Crippen molar-refractivity contribution < 1.29 is 32.3 Å². The van der Waals surface area contributed by atoms with Crippen LogP contribution in [0.5, 0.6) is 0 Å². The maximum absolute atomic E-state index is 11.9. The Hall–Kier alpha value is -2.09. The molecule has 114 valence electrons. The number of halogens is 3. The van der Waals surface area contributed by atoms with Crippen molar-refractivity contribution in [1.82, 2.24) is 5.06 Å². The molecule has 0 saturated carbocycles. The van der Waals surface area contributed by atoms with Crippen molar-refractivity contribution in [3.05, 3.63) is 35.9 Å². The van der Waals surface area contributed by atoms with Crippen LogP contribution in [0.2, 0.25) is 0 Å². The molecule has 0 radical (unpaired) electrons. The Morgan fingerprint density at radius 2 is 1.81 bits per heavy atom. The first-order chi connectivity index (χ1) is 9.86. The Morgan fingerprint density at radius 3 is 2.38 bits per heavy atom. The Labute approximate surface area is 118 Å². The van der Waals surface area contributed by atoms with E-state index in [0.717, 1.165) is 10.6 Å². The summed E-state index contributed by atoms with van der Waals surface area (Å²) in [6.07, 6.45) is -5.04. The molecule has 2 rings (SSSR count). The summed E-state index contributed by atoms with van der Waals surface area (Å²) in [5.74, 6) is -3.41. The SMILES string of the molecule is O=C(OCc1ccccc1)C1CN(OC(=O)C(F)(F)F)C1. The minimum Gasteiger partial charge on any atom is -0.461 e. The second kappa shape index (κ2) is 6.13. The van der Waals surface area contributed by atoms with Crippen LogP contribution in [0, 0.1) is 5.92 Å². The Balaban J connectivity index is 1.69. The van der Waals surface area contributed by atoms with Gasteiger partial charge in [-0.15, -0.1) is 5.06 Å². The van der Waals surface area contributed by atoms with Crippen LogP contribution in [0.3, 0.4) is 0 Å². The van der Waals surface area contributed by atoms with Crippen LogP contribution in [0.25, 0.3) is 0 Å². The lowest BCUT2D eigenvalue weighted by atomic mass is 10.0. The molecule has 1 aromatic rings. The van der Waals surface area contributed by atoms with Crippen LogP contribution in [0.4, 0.5) is 13.2 Å². The van der Waals surface area contributed by atoms with Gasteiger partial charge in [0.25, 0.3) is 0 Å². The van der Waals surface area contributed by atoms with Gasteiger partial charge in [-0.25, -0.2) is 4.79 Å². The summed E-state index contributed by atoms with van der Waals surface area (Å²) < 4.78 is 40.8. The zero-order valence-electron chi connectivity index (χ0n) is 10.8. The molecule has 0 aliphatic carbocycles. The Bertz CT molecular complexity index is 512. The topological polar surface area (TPSA) is 55.8 Å². The number of ether oxygens (including phenoxy) is 1. The highest BCUT2D eigenvalue weighted by molar-refractivity contribution is 5.76. The Morgan fingerprint density at radius 1 is 1.19 bits per heavy atom. The second-order valence-corrected chi connectivity index (χ2v) is 4.51. The standard InChI is InChI=1S/C13H12F3NO4/c14-13(15,16)12(19)21-17-6-10(7-17)11(18)20-8-9-4-2-1-3-5-9/h1-5,10H,6-8H2. The third-order valence-corrected chi connectivity index (χ3v) is 2.85. The highest BCUT2D eigenvalue weighted by atomic mass is 19.4. The van der Waals surface area contributed by atoms with Gasteiger partial charge in [0.05, 0.1) is 5.92 Å². The van der Waals surface area contributed by atoms with Crippen LogP contribution >= 0.6 is 0 Å². The summed E-state index contributed by atoms with van der Waals surface area (Å²) in [6.45, 7) is -0.108. The zero-order chi connectivity index (χ0) is 15.5. The van der Waals surface area contributed by atoms with Crippen molar-refractivity contribution in [1.29, 1.82) is 0 Å². The van der Waals surface area contributed by atoms with Gasteiger partial charge in [0.1, 0.15) is 6.61 Å². The smallest absolute Gasteiger partial charge is 0.461 e. The fourth-order valence-electron chi connectivity index (χ4n) is 1.68. The van der Waals surface area contributed by atoms with E-state index < -0.39 is 24.0 Å². The van der Waals surface area contributed by atoms with Crippen molar-refractivity contribution in [2.45, 2.75) is 12.8 Å². The van der Waals surface area contributed by atoms with Crippen LogP contribution in [-0.4, -0.2) is 36.3 Å². The summed E-state index contributed by atoms with van der Waals surface area (Å²) in [4.78, 5) is 26.2. The molecule has 0 atom stereocenters. The molecule has 1 aliphatic rings. The lowest BCUT2D eigenvalue weighted by Gasteiger charge is -2.35. The third-order valence-electron chi connectivity index (χ3n) is 2.85. The first kappa shape index (κ1) is 15.3. The molecule has 0 amide bonds. The van der Waals surface area contributed by atoms with Gasteiger partial charge in [0, 0.05) is 13.1 Å². The molecule has 5 nitrogen and oxygen atoms in total.